The van der Waals surface area contributed by atoms with Gasteiger partial charge in [-0.15, -0.1) is 0 Å². The highest BCUT2D eigenvalue weighted by Crippen LogP contribution is 2.41. The van der Waals surface area contributed by atoms with Crippen LogP contribution in [0.15, 0.2) is 90.0 Å². The Morgan fingerprint density at radius 1 is 0.919 bits per heavy atom. The van der Waals surface area contributed by atoms with Crippen molar-refractivity contribution in [2.75, 3.05) is 0 Å². The van der Waals surface area contributed by atoms with Gasteiger partial charge in [0.15, 0.2) is 0 Å². The zero-order valence-electron chi connectivity index (χ0n) is 20.7. The largest absolute Gasteiger partial charge is 0.366 e. The summed E-state index contributed by atoms with van der Waals surface area (Å²) in [5, 5.41) is 9.40. The second-order valence-corrected chi connectivity index (χ2v) is 11.2. The second kappa shape index (κ2) is 9.97. The summed E-state index contributed by atoms with van der Waals surface area (Å²) in [6.45, 7) is 5.26. The van der Waals surface area contributed by atoms with E-state index >= 15 is 0 Å². The topological polar surface area (TPSA) is 126 Å². The van der Waals surface area contributed by atoms with Gasteiger partial charge in [0.25, 0.3) is 5.91 Å². The SMILES string of the molecule is CC(C)(C)NS(=O)(=O)c1ccccc1-c1c(-c2ccccc2)cnc(-c2cccc(C#N)c2)c1C(N)=O. The van der Waals surface area contributed by atoms with E-state index in [1.165, 1.54) is 6.07 Å². The summed E-state index contributed by atoms with van der Waals surface area (Å²) in [5.74, 6) is -0.770. The van der Waals surface area contributed by atoms with Crippen LogP contribution in [0.25, 0.3) is 33.5 Å². The molecule has 0 atom stereocenters. The molecule has 0 spiro atoms. The summed E-state index contributed by atoms with van der Waals surface area (Å²) in [6, 6.07) is 24.5. The van der Waals surface area contributed by atoms with Gasteiger partial charge in [-0.1, -0.05) is 60.7 Å². The van der Waals surface area contributed by atoms with Gasteiger partial charge in [-0.2, -0.15) is 5.26 Å². The first-order valence-corrected chi connectivity index (χ1v) is 13.0. The third kappa shape index (κ3) is 5.43. The van der Waals surface area contributed by atoms with E-state index in [0.29, 0.717) is 27.8 Å². The molecule has 1 aromatic heterocycles. The van der Waals surface area contributed by atoms with Gasteiger partial charge in [-0.05, 0) is 44.5 Å². The number of aromatic nitrogens is 1. The van der Waals surface area contributed by atoms with Crippen LogP contribution in [0.2, 0.25) is 0 Å². The summed E-state index contributed by atoms with van der Waals surface area (Å²) < 4.78 is 29.8. The molecule has 0 fully saturated rings. The van der Waals surface area contributed by atoms with Gasteiger partial charge < -0.3 is 5.73 Å². The molecule has 37 heavy (non-hydrogen) atoms. The molecule has 0 bridgehead atoms. The van der Waals surface area contributed by atoms with E-state index in [4.69, 9.17) is 5.73 Å². The molecule has 4 aromatic rings. The molecule has 0 unspecified atom stereocenters. The number of nitrogens with one attached hydrogen (secondary N) is 1. The molecule has 8 heteroatoms. The lowest BCUT2D eigenvalue weighted by atomic mass is 9.89. The molecule has 0 aliphatic carbocycles. The number of amides is 1. The predicted octanol–water partition coefficient (Wildman–Crippen LogP) is 5.13. The number of nitrogens with zero attached hydrogens (tertiary/aromatic N) is 2. The van der Waals surface area contributed by atoms with Crippen LogP contribution in [0.3, 0.4) is 0 Å². The highest BCUT2D eigenvalue weighted by molar-refractivity contribution is 7.89. The molecule has 186 valence electrons. The number of hydrogen-bond acceptors (Lipinski definition) is 5. The van der Waals surface area contributed by atoms with E-state index in [9.17, 15) is 18.5 Å². The van der Waals surface area contributed by atoms with E-state index in [0.717, 1.165) is 5.56 Å². The fourth-order valence-electron chi connectivity index (χ4n) is 4.19. The molecule has 0 saturated heterocycles. The van der Waals surface area contributed by atoms with Crippen molar-refractivity contribution in [1.29, 1.82) is 5.26 Å². The van der Waals surface area contributed by atoms with Crippen LogP contribution in [0.4, 0.5) is 0 Å². The zero-order chi connectivity index (χ0) is 26.8. The standard InChI is InChI=1S/C29H26N4O3S/c1-29(2,3)33-37(35,36)24-15-8-7-14-22(24)25-23(20-11-5-4-6-12-20)18-32-27(26(25)28(31)34)21-13-9-10-19(16-21)17-30/h4-16,18,33H,1-3H3,(H2,31,34). The van der Waals surface area contributed by atoms with Crippen molar-refractivity contribution in [3.63, 3.8) is 0 Å². The van der Waals surface area contributed by atoms with Crippen LogP contribution in [-0.2, 0) is 10.0 Å². The molecule has 3 N–H and O–H groups in total. The van der Waals surface area contributed by atoms with Crippen molar-refractivity contribution in [2.24, 2.45) is 5.73 Å². The molecule has 0 aliphatic rings. The van der Waals surface area contributed by atoms with Crippen LogP contribution in [0.5, 0.6) is 0 Å². The number of hydrogen-bond donors (Lipinski definition) is 2. The lowest BCUT2D eigenvalue weighted by Gasteiger charge is -2.23. The van der Waals surface area contributed by atoms with Crippen LogP contribution in [0, 0.1) is 11.3 Å². The third-order valence-corrected chi connectivity index (χ3v) is 7.38. The number of primary amides is 1. The summed E-state index contributed by atoms with van der Waals surface area (Å²) in [7, 11) is -3.99. The fourth-order valence-corrected chi connectivity index (χ4v) is 5.82. The van der Waals surface area contributed by atoms with Gasteiger partial charge in [-0.25, -0.2) is 13.1 Å². The van der Waals surface area contributed by atoms with Crippen molar-refractivity contribution in [3.8, 4) is 39.6 Å². The number of carbonyl (C=O) groups is 1. The van der Waals surface area contributed by atoms with E-state index < -0.39 is 21.5 Å². The summed E-state index contributed by atoms with van der Waals surface area (Å²) >= 11 is 0. The van der Waals surface area contributed by atoms with Crippen LogP contribution >= 0.6 is 0 Å². The van der Waals surface area contributed by atoms with Crippen molar-refractivity contribution in [3.05, 3.63) is 96.2 Å². The second-order valence-electron chi connectivity index (χ2n) is 9.55. The Morgan fingerprint density at radius 2 is 1.57 bits per heavy atom. The Balaban J connectivity index is 2.13. The van der Waals surface area contributed by atoms with Crippen molar-refractivity contribution < 1.29 is 13.2 Å². The summed E-state index contributed by atoms with van der Waals surface area (Å²) in [4.78, 5) is 17.7. The maximum atomic E-state index is 13.5. The smallest absolute Gasteiger partial charge is 0.251 e. The maximum Gasteiger partial charge on any atom is 0.251 e. The van der Waals surface area contributed by atoms with Crippen LogP contribution in [0.1, 0.15) is 36.7 Å². The van der Waals surface area contributed by atoms with E-state index in [1.807, 2.05) is 30.3 Å². The summed E-state index contributed by atoms with van der Waals surface area (Å²) in [6.07, 6.45) is 1.60. The van der Waals surface area contributed by atoms with Gasteiger partial charge in [0.05, 0.1) is 27.8 Å². The van der Waals surface area contributed by atoms with E-state index in [1.54, 1.807) is 69.4 Å². The molecule has 3 aromatic carbocycles. The molecule has 0 radical (unpaired) electrons. The Kier molecular flexibility index (Phi) is 6.94. The maximum absolute atomic E-state index is 13.5. The lowest BCUT2D eigenvalue weighted by Crippen LogP contribution is -2.40. The average Bonchev–Trinajstić information content (AvgIpc) is 2.87. The monoisotopic (exact) mass is 510 g/mol. The van der Waals surface area contributed by atoms with E-state index in [-0.39, 0.29) is 16.2 Å². The number of carbonyl (C=O) groups excluding carboxylic acids is 1. The fraction of sp³-hybridized carbons (Fsp3) is 0.138. The number of nitriles is 1. The molecule has 7 nitrogen and oxygen atoms in total. The Bertz CT molecular complexity index is 1630. The van der Waals surface area contributed by atoms with Gasteiger partial charge in [0, 0.05) is 34.0 Å². The molecule has 1 heterocycles. The first-order valence-electron chi connectivity index (χ1n) is 11.5. The summed E-state index contributed by atoms with van der Waals surface area (Å²) in [5.41, 5.74) is 8.40. The zero-order valence-corrected chi connectivity index (χ0v) is 21.5. The number of sulfonamides is 1. The van der Waals surface area contributed by atoms with Crippen molar-refractivity contribution in [1.82, 2.24) is 9.71 Å². The van der Waals surface area contributed by atoms with Gasteiger partial charge in [0.2, 0.25) is 10.0 Å². The number of rotatable bonds is 6. The molecule has 4 rings (SSSR count). The molecule has 0 aliphatic heterocycles. The highest BCUT2D eigenvalue weighted by atomic mass is 32.2. The average molecular weight is 511 g/mol. The Hall–Kier alpha value is -4.32. The lowest BCUT2D eigenvalue weighted by molar-refractivity contribution is 0.100. The molecule has 1 amide bonds. The number of benzene rings is 3. The highest BCUT2D eigenvalue weighted by Gasteiger charge is 2.29. The van der Waals surface area contributed by atoms with Crippen LogP contribution < -0.4 is 10.5 Å². The molecular formula is C29H26N4O3S. The van der Waals surface area contributed by atoms with Crippen LogP contribution in [-0.4, -0.2) is 24.8 Å². The first kappa shape index (κ1) is 25.8. The Labute approximate surface area is 216 Å². The first-order chi connectivity index (χ1) is 17.5. The van der Waals surface area contributed by atoms with Gasteiger partial charge in [0.1, 0.15) is 0 Å². The minimum Gasteiger partial charge on any atom is -0.366 e. The quantitative estimate of drug-likeness (QED) is 0.372. The van der Waals surface area contributed by atoms with Gasteiger partial charge in [-0.3, -0.25) is 9.78 Å². The van der Waals surface area contributed by atoms with Gasteiger partial charge >= 0.3 is 0 Å². The third-order valence-electron chi connectivity index (χ3n) is 5.56. The minimum atomic E-state index is -3.99. The number of nitrogens with two attached hydrogens (primary N) is 1. The van der Waals surface area contributed by atoms with E-state index in [2.05, 4.69) is 15.8 Å². The number of pyridine rings is 1. The molecular weight excluding hydrogens is 484 g/mol. The predicted molar refractivity (Wildman–Crippen MR) is 144 cm³/mol. The Morgan fingerprint density at radius 3 is 2.22 bits per heavy atom. The normalized spacial score (nSPS) is 11.6. The van der Waals surface area contributed by atoms with Crippen molar-refractivity contribution >= 4 is 15.9 Å². The molecule has 0 saturated carbocycles. The minimum absolute atomic E-state index is 0.00697. The van der Waals surface area contributed by atoms with Crippen molar-refractivity contribution in [2.45, 2.75) is 31.2 Å².